The monoisotopic (exact) mass is 409 g/mol. The van der Waals surface area contributed by atoms with Gasteiger partial charge in [-0.1, -0.05) is 18.0 Å². The van der Waals surface area contributed by atoms with E-state index in [0.29, 0.717) is 18.7 Å². The van der Waals surface area contributed by atoms with Gasteiger partial charge in [-0.25, -0.2) is 0 Å². The van der Waals surface area contributed by atoms with Crippen molar-refractivity contribution in [3.63, 3.8) is 0 Å². The Balaban J connectivity index is 1.71. The molecule has 1 heterocycles. The summed E-state index contributed by atoms with van der Waals surface area (Å²) < 4.78 is 0. The van der Waals surface area contributed by atoms with Crippen LogP contribution in [0.4, 0.5) is 11.4 Å². The zero-order valence-corrected chi connectivity index (χ0v) is 16.5. The molecule has 1 fully saturated rings. The molecule has 1 aliphatic heterocycles. The first-order chi connectivity index (χ1) is 14.0. The Labute approximate surface area is 170 Å². The van der Waals surface area contributed by atoms with Crippen LogP contribution in [0.1, 0.15) is 44.1 Å². The smallest absolute Gasteiger partial charge is 0.293 e. The maximum Gasteiger partial charge on any atom is 0.293 e. The number of oxime groups is 1. The molecule has 0 spiro atoms. The third-order valence-corrected chi connectivity index (χ3v) is 5.31. The molecule has 0 unspecified atom stereocenters. The summed E-state index contributed by atoms with van der Waals surface area (Å²) in [4.78, 5) is 13.0. The first kappa shape index (κ1) is 22.9. The van der Waals surface area contributed by atoms with Gasteiger partial charge in [0.25, 0.3) is 5.69 Å². The number of nitrogens with one attached hydrogen (secondary N) is 1. The predicted octanol–water partition coefficient (Wildman–Crippen LogP) is 1.48. The van der Waals surface area contributed by atoms with Crippen molar-refractivity contribution in [3.8, 4) is 0 Å². The minimum Gasteiger partial charge on any atom is -0.409 e. The standard InChI is InChI=1S/C19H31N5O5/c20-19(22-27)14-5-6-17(18(11-14)24(28)29)21-8-3-1-2-4-9-23-10-7-16(26)12-15(23)13-25/h5-6,11,15-16,21,25-27H,1-4,7-10,12-13H2,(H2,20,22)/t15-,16+/m0/s1. The zero-order valence-electron chi connectivity index (χ0n) is 16.5. The Morgan fingerprint density at radius 3 is 2.79 bits per heavy atom. The molecule has 0 radical (unpaired) electrons. The van der Waals surface area contributed by atoms with Gasteiger partial charge in [-0.3, -0.25) is 15.0 Å². The summed E-state index contributed by atoms with van der Waals surface area (Å²) >= 11 is 0. The molecule has 6 N–H and O–H groups in total. The fourth-order valence-corrected chi connectivity index (χ4v) is 3.63. The second-order valence-electron chi connectivity index (χ2n) is 7.37. The second-order valence-corrected chi connectivity index (χ2v) is 7.37. The molecule has 10 nitrogen and oxygen atoms in total. The molecule has 0 amide bonds. The van der Waals surface area contributed by atoms with Crippen LogP contribution in [0, 0.1) is 10.1 Å². The first-order valence-electron chi connectivity index (χ1n) is 9.99. The van der Waals surface area contributed by atoms with Crippen LogP contribution in [0.3, 0.4) is 0 Å². The van der Waals surface area contributed by atoms with Crippen LogP contribution in [0.5, 0.6) is 0 Å². The van der Waals surface area contributed by atoms with Gasteiger partial charge < -0.3 is 26.5 Å². The molecule has 1 saturated heterocycles. The van der Waals surface area contributed by atoms with Crippen LogP contribution in [0.15, 0.2) is 23.4 Å². The lowest BCUT2D eigenvalue weighted by Gasteiger charge is -2.36. The number of aliphatic hydroxyl groups excluding tert-OH is 2. The summed E-state index contributed by atoms with van der Waals surface area (Å²) in [5.41, 5.74) is 6.07. The maximum absolute atomic E-state index is 11.3. The van der Waals surface area contributed by atoms with Gasteiger partial charge in [-0.05, 0) is 44.4 Å². The molecule has 29 heavy (non-hydrogen) atoms. The minimum atomic E-state index is -0.496. The number of rotatable bonds is 11. The molecule has 2 rings (SSSR count). The van der Waals surface area contributed by atoms with Gasteiger partial charge in [0.2, 0.25) is 0 Å². The normalized spacial score (nSPS) is 20.6. The Bertz CT molecular complexity index is 700. The number of nitro benzene ring substituents is 1. The van der Waals surface area contributed by atoms with E-state index >= 15 is 0 Å². The summed E-state index contributed by atoms with van der Waals surface area (Å²) in [7, 11) is 0. The van der Waals surface area contributed by atoms with Gasteiger partial charge in [0, 0.05) is 30.8 Å². The number of hydrogen-bond acceptors (Lipinski definition) is 8. The maximum atomic E-state index is 11.3. The Morgan fingerprint density at radius 1 is 1.34 bits per heavy atom. The lowest BCUT2D eigenvalue weighted by atomic mass is 9.99. The van der Waals surface area contributed by atoms with Gasteiger partial charge >= 0.3 is 0 Å². The van der Waals surface area contributed by atoms with Crippen molar-refractivity contribution in [1.82, 2.24) is 4.90 Å². The van der Waals surface area contributed by atoms with Crippen molar-refractivity contribution in [2.45, 2.75) is 50.7 Å². The number of aliphatic hydroxyl groups is 2. The lowest BCUT2D eigenvalue weighted by Crippen LogP contribution is -2.46. The van der Waals surface area contributed by atoms with E-state index in [1.807, 2.05) is 0 Å². The zero-order chi connectivity index (χ0) is 21.2. The van der Waals surface area contributed by atoms with Gasteiger partial charge in [0.05, 0.1) is 17.6 Å². The molecule has 0 aliphatic carbocycles. The predicted molar refractivity (Wildman–Crippen MR) is 110 cm³/mol. The number of benzene rings is 1. The van der Waals surface area contributed by atoms with E-state index in [1.54, 1.807) is 12.1 Å². The van der Waals surface area contributed by atoms with Crippen molar-refractivity contribution in [2.75, 3.05) is 31.6 Å². The number of hydrogen-bond donors (Lipinski definition) is 5. The van der Waals surface area contributed by atoms with E-state index in [-0.39, 0.29) is 35.8 Å². The minimum absolute atomic E-state index is 0.0499. The van der Waals surface area contributed by atoms with Crippen LogP contribution in [-0.4, -0.2) is 69.5 Å². The topological polar surface area (TPSA) is 157 Å². The highest BCUT2D eigenvalue weighted by Crippen LogP contribution is 2.25. The highest BCUT2D eigenvalue weighted by molar-refractivity contribution is 5.98. The SMILES string of the molecule is N/C(=N/O)c1ccc(NCCCCCCN2CC[C@@H](O)C[C@H]2CO)c([N+](=O)[O-])c1. The van der Waals surface area contributed by atoms with Crippen molar-refractivity contribution in [2.24, 2.45) is 10.9 Å². The Hall–Kier alpha value is -2.43. The van der Waals surface area contributed by atoms with E-state index in [2.05, 4.69) is 15.4 Å². The summed E-state index contributed by atoms with van der Waals surface area (Å²) in [6.45, 7) is 2.42. The largest absolute Gasteiger partial charge is 0.409 e. The van der Waals surface area contributed by atoms with Crippen LogP contribution in [0.2, 0.25) is 0 Å². The summed E-state index contributed by atoms with van der Waals surface area (Å²) in [5.74, 6) is -0.175. The number of unbranched alkanes of at least 4 members (excludes halogenated alkanes) is 3. The average Bonchev–Trinajstić information content (AvgIpc) is 2.73. The van der Waals surface area contributed by atoms with Gasteiger partial charge in [-0.15, -0.1) is 0 Å². The fourth-order valence-electron chi connectivity index (χ4n) is 3.63. The number of piperidine rings is 1. The molecule has 10 heteroatoms. The van der Waals surface area contributed by atoms with E-state index in [9.17, 15) is 20.3 Å². The Kier molecular flexibility index (Phi) is 9.10. The molecular formula is C19H31N5O5. The van der Waals surface area contributed by atoms with Gasteiger partial charge in [0.15, 0.2) is 5.84 Å². The van der Waals surface area contributed by atoms with E-state index in [1.165, 1.54) is 6.07 Å². The lowest BCUT2D eigenvalue weighted by molar-refractivity contribution is -0.384. The van der Waals surface area contributed by atoms with Gasteiger partial charge in [-0.2, -0.15) is 0 Å². The highest BCUT2D eigenvalue weighted by Gasteiger charge is 2.26. The molecule has 0 bridgehead atoms. The third-order valence-electron chi connectivity index (χ3n) is 5.31. The van der Waals surface area contributed by atoms with Crippen LogP contribution < -0.4 is 11.1 Å². The summed E-state index contributed by atoms with van der Waals surface area (Å²) in [5, 5.41) is 45.1. The van der Waals surface area contributed by atoms with E-state index in [4.69, 9.17) is 10.9 Å². The number of likely N-dealkylation sites (tertiary alicyclic amines) is 1. The van der Waals surface area contributed by atoms with Gasteiger partial charge in [0.1, 0.15) is 5.69 Å². The summed E-state index contributed by atoms with van der Waals surface area (Å²) in [6, 6.07) is 4.46. The van der Waals surface area contributed by atoms with Crippen molar-refractivity contribution in [1.29, 1.82) is 0 Å². The third kappa shape index (κ3) is 6.84. The molecule has 0 aromatic heterocycles. The quantitative estimate of drug-likeness (QED) is 0.0918. The van der Waals surface area contributed by atoms with Crippen molar-refractivity contribution in [3.05, 3.63) is 33.9 Å². The van der Waals surface area contributed by atoms with E-state index in [0.717, 1.165) is 45.2 Å². The Morgan fingerprint density at radius 2 is 2.10 bits per heavy atom. The molecule has 1 aliphatic rings. The second kappa shape index (κ2) is 11.5. The molecule has 1 aromatic rings. The van der Waals surface area contributed by atoms with Crippen molar-refractivity contribution >= 4 is 17.2 Å². The average molecular weight is 409 g/mol. The van der Waals surface area contributed by atoms with Crippen LogP contribution in [-0.2, 0) is 0 Å². The first-order valence-corrected chi connectivity index (χ1v) is 9.99. The molecule has 0 saturated carbocycles. The van der Waals surface area contributed by atoms with Crippen LogP contribution in [0.25, 0.3) is 0 Å². The number of nitro groups is 1. The highest BCUT2D eigenvalue weighted by atomic mass is 16.6. The number of anilines is 1. The number of nitrogens with two attached hydrogens (primary N) is 1. The number of amidine groups is 1. The number of nitrogens with zero attached hydrogens (tertiary/aromatic N) is 3. The molecule has 162 valence electrons. The molecular weight excluding hydrogens is 378 g/mol. The van der Waals surface area contributed by atoms with E-state index < -0.39 is 4.92 Å². The van der Waals surface area contributed by atoms with Crippen LogP contribution >= 0.6 is 0 Å². The molecule has 1 aromatic carbocycles. The molecule has 2 atom stereocenters. The van der Waals surface area contributed by atoms with Crippen molar-refractivity contribution < 1.29 is 20.3 Å². The fraction of sp³-hybridized carbons (Fsp3) is 0.632. The summed E-state index contributed by atoms with van der Waals surface area (Å²) in [6.07, 6.45) is 5.00.